The van der Waals surface area contributed by atoms with Crippen molar-refractivity contribution in [2.75, 3.05) is 36.6 Å². The summed E-state index contributed by atoms with van der Waals surface area (Å²) >= 11 is 0. The zero-order valence-electron chi connectivity index (χ0n) is 17.6. The number of hydrogen-bond donors (Lipinski definition) is 2. The van der Waals surface area contributed by atoms with Crippen molar-refractivity contribution in [2.24, 2.45) is 5.10 Å². The van der Waals surface area contributed by atoms with Crippen LogP contribution in [0, 0.1) is 6.92 Å². The van der Waals surface area contributed by atoms with Gasteiger partial charge in [-0.25, -0.2) is 4.98 Å². The number of nitrogens with one attached hydrogen (secondary N) is 2. The Labute approximate surface area is 180 Å². The maximum atomic E-state index is 5.52. The van der Waals surface area contributed by atoms with Crippen LogP contribution in [0.4, 0.5) is 11.6 Å². The smallest absolute Gasteiger partial charge is 0.160 e. The van der Waals surface area contributed by atoms with Gasteiger partial charge in [-0.15, -0.1) is 5.48 Å². The Morgan fingerprint density at radius 1 is 1.19 bits per heavy atom. The lowest BCUT2D eigenvalue weighted by molar-refractivity contribution is 0.117. The van der Waals surface area contributed by atoms with Gasteiger partial charge >= 0.3 is 0 Å². The molecule has 0 spiro atoms. The number of morpholine rings is 1. The number of ether oxygens (including phenoxy) is 1. The number of fused-ring (bicyclic) bond motifs is 1. The summed E-state index contributed by atoms with van der Waals surface area (Å²) in [6, 6.07) is 12.0. The van der Waals surface area contributed by atoms with E-state index in [-0.39, 0.29) is 6.04 Å². The summed E-state index contributed by atoms with van der Waals surface area (Å²) in [6.45, 7) is 6.94. The molecule has 1 fully saturated rings. The molecule has 2 aromatic heterocycles. The number of hydroxylamine groups is 1. The summed E-state index contributed by atoms with van der Waals surface area (Å²) in [5.74, 6) is 2.44. The molecule has 0 amide bonds. The van der Waals surface area contributed by atoms with Crippen LogP contribution in [0.1, 0.15) is 29.8 Å². The van der Waals surface area contributed by atoms with Gasteiger partial charge in [-0.2, -0.15) is 14.7 Å². The molecule has 31 heavy (non-hydrogen) atoms. The highest BCUT2D eigenvalue weighted by atomic mass is 16.7. The molecule has 1 unspecified atom stereocenters. The molecule has 0 bridgehead atoms. The molecule has 2 aliphatic rings. The van der Waals surface area contributed by atoms with Crippen molar-refractivity contribution in [2.45, 2.75) is 19.9 Å². The summed E-state index contributed by atoms with van der Waals surface area (Å²) in [5, 5.41) is 9.19. The maximum Gasteiger partial charge on any atom is 0.160 e. The predicted octanol–water partition coefficient (Wildman–Crippen LogP) is 2.80. The minimum Gasteiger partial charge on any atom is -0.413 e. The van der Waals surface area contributed by atoms with Crippen molar-refractivity contribution < 1.29 is 9.57 Å². The van der Waals surface area contributed by atoms with E-state index in [0.717, 1.165) is 41.6 Å². The molecule has 2 aliphatic heterocycles. The normalized spacial score (nSPS) is 19.1. The molecule has 160 valence electrons. The summed E-state index contributed by atoms with van der Waals surface area (Å²) in [7, 11) is 0. The van der Waals surface area contributed by atoms with Crippen LogP contribution in [0.25, 0.3) is 5.65 Å². The standard InChI is InChI=1S/C22H25N7O2/c1-15-4-3-5-17(10-15)14-23-25-20-13-22(28-6-8-30-9-7-28)29-21(24-20)12-18(26-29)19-11-16(2)31-27-19/h3-5,10-14,19,27H,6-9H2,1-2H3,(H,24,25)/b23-14+. The van der Waals surface area contributed by atoms with Gasteiger partial charge in [-0.05, 0) is 25.5 Å². The van der Waals surface area contributed by atoms with Gasteiger partial charge in [0.2, 0.25) is 0 Å². The van der Waals surface area contributed by atoms with Gasteiger partial charge in [0.1, 0.15) is 17.6 Å². The second-order valence-electron chi connectivity index (χ2n) is 7.70. The highest BCUT2D eigenvalue weighted by Gasteiger charge is 2.22. The number of rotatable bonds is 5. The van der Waals surface area contributed by atoms with Gasteiger partial charge in [-0.1, -0.05) is 29.8 Å². The fraction of sp³-hybridized carbons (Fsp3) is 0.318. The first kappa shape index (κ1) is 19.5. The first-order chi connectivity index (χ1) is 15.2. The molecule has 1 aromatic carbocycles. The Bertz CT molecular complexity index is 1150. The van der Waals surface area contributed by atoms with E-state index in [1.807, 2.05) is 41.8 Å². The largest absolute Gasteiger partial charge is 0.413 e. The Morgan fingerprint density at radius 2 is 2.06 bits per heavy atom. The van der Waals surface area contributed by atoms with Crippen LogP contribution in [0.2, 0.25) is 0 Å². The molecular weight excluding hydrogens is 394 g/mol. The molecular formula is C22H25N7O2. The van der Waals surface area contributed by atoms with Crippen molar-refractivity contribution in [3.05, 3.63) is 65.1 Å². The minimum atomic E-state index is -0.102. The van der Waals surface area contributed by atoms with E-state index < -0.39 is 0 Å². The number of aromatic nitrogens is 3. The number of hydrogen-bond acceptors (Lipinski definition) is 8. The molecule has 1 atom stereocenters. The first-order valence-corrected chi connectivity index (χ1v) is 10.4. The van der Waals surface area contributed by atoms with Crippen molar-refractivity contribution in [3.63, 3.8) is 0 Å². The molecule has 0 radical (unpaired) electrons. The Kier molecular flexibility index (Phi) is 5.27. The SMILES string of the molecule is CC1=CC(c2cc3nc(N/N=C/c4cccc(C)c4)cc(N4CCOCC4)n3n2)NO1. The number of hydrazone groups is 1. The zero-order valence-corrected chi connectivity index (χ0v) is 17.6. The number of aryl methyl sites for hydroxylation is 1. The summed E-state index contributed by atoms with van der Waals surface area (Å²) in [6.07, 6.45) is 3.80. The van der Waals surface area contributed by atoms with E-state index >= 15 is 0 Å². The first-order valence-electron chi connectivity index (χ1n) is 10.4. The van der Waals surface area contributed by atoms with Gasteiger partial charge in [-0.3, -0.25) is 5.43 Å². The van der Waals surface area contributed by atoms with Crippen LogP contribution >= 0.6 is 0 Å². The number of nitrogens with zero attached hydrogens (tertiary/aromatic N) is 5. The zero-order chi connectivity index (χ0) is 21.2. The van der Waals surface area contributed by atoms with Crippen LogP contribution in [-0.2, 0) is 9.57 Å². The number of benzene rings is 1. The Hall–Kier alpha value is -3.43. The predicted molar refractivity (Wildman–Crippen MR) is 119 cm³/mol. The Balaban J connectivity index is 1.47. The molecule has 0 saturated carbocycles. The van der Waals surface area contributed by atoms with Crippen LogP contribution in [0.3, 0.4) is 0 Å². The fourth-order valence-electron chi connectivity index (χ4n) is 3.73. The lowest BCUT2D eigenvalue weighted by Crippen LogP contribution is -2.37. The van der Waals surface area contributed by atoms with E-state index in [9.17, 15) is 0 Å². The molecule has 0 aliphatic carbocycles. The maximum absolute atomic E-state index is 5.52. The van der Waals surface area contributed by atoms with E-state index in [4.69, 9.17) is 19.7 Å². The van der Waals surface area contributed by atoms with Crippen molar-refractivity contribution in [1.82, 2.24) is 20.1 Å². The van der Waals surface area contributed by atoms with Crippen LogP contribution in [-0.4, -0.2) is 47.1 Å². The Morgan fingerprint density at radius 3 is 2.84 bits per heavy atom. The van der Waals surface area contributed by atoms with Crippen molar-refractivity contribution >= 4 is 23.5 Å². The topological polar surface area (TPSA) is 88.3 Å². The fourth-order valence-corrected chi connectivity index (χ4v) is 3.73. The average molecular weight is 419 g/mol. The van der Waals surface area contributed by atoms with Gasteiger partial charge < -0.3 is 14.5 Å². The van der Waals surface area contributed by atoms with Crippen molar-refractivity contribution in [3.8, 4) is 0 Å². The summed E-state index contributed by atoms with van der Waals surface area (Å²) < 4.78 is 7.40. The van der Waals surface area contributed by atoms with E-state index in [2.05, 4.69) is 40.0 Å². The number of anilines is 2. The highest BCUT2D eigenvalue weighted by Crippen LogP contribution is 2.26. The molecule has 1 saturated heterocycles. The lowest BCUT2D eigenvalue weighted by atomic mass is 10.2. The third-order valence-electron chi connectivity index (χ3n) is 5.26. The van der Waals surface area contributed by atoms with E-state index in [1.165, 1.54) is 5.56 Å². The van der Waals surface area contributed by atoms with Gasteiger partial charge in [0.15, 0.2) is 11.5 Å². The molecule has 9 heteroatoms. The summed E-state index contributed by atoms with van der Waals surface area (Å²) in [4.78, 5) is 12.3. The second kappa shape index (κ2) is 8.37. The monoisotopic (exact) mass is 419 g/mol. The molecule has 2 N–H and O–H groups in total. The lowest BCUT2D eigenvalue weighted by Gasteiger charge is -2.29. The second-order valence-corrected chi connectivity index (χ2v) is 7.70. The van der Waals surface area contributed by atoms with E-state index in [0.29, 0.717) is 19.0 Å². The molecule has 9 nitrogen and oxygen atoms in total. The third-order valence-corrected chi connectivity index (χ3v) is 5.26. The number of allylic oxidation sites excluding steroid dienone is 1. The quantitative estimate of drug-likeness (QED) is 0.486. The molecule has 4 heterocycles. The van der Waals surface area contributed by atoms with Gasteiger partial charge in [0.25, 0.3) is 0 Å². The van der Waals surface area contributed by atoms with Crippen molar-refractivity contribution in [1.29, 1.82) is 0 Å². The van der Waals surface area contributed by atoms with E-state index in [1.54, 1.807) is 6.21 Å². The minimum absolute atomic E-state index is 0.102. The van der Waals surface area contributed by atoms with Crippen LogP contribution in [0.15, 0.2) is 53.3 Å². The third kappa shape index (κ3) is 4.23. The highest BCUT2D eigenvalue weighted by molar-refractivity contribution is 5.80. The van der Waals surface area contributed by atoms with Gasteiger partial charge in [0.05, 0.1) is 25.1 Å². The summed E-state index contributed by atoms with van der Waals surface area (Å²) in [5.41, 5.74) is 9.88. The molecule has 3 aromatic rings. The molecule has 5 rings (SSSR count). The van der Waals surface area contributed by atoms with Crippen LogP contribution < -0.4 is 15.8 Å². The van der Waals surface area contributed by atoms with Gasteiger partial charge in [0, 0.05) is 25.2 Å². The average Bonchev–Trinajstić information content (AvgIpc) is 3.40. The van der Waals surface area contributed by atoms with Crippen LogP contribution in [0.5, 0.6) is 0 Å².